The highest BCUT2D eigenvalue weighted by atomic mass is 16.5. The number of rotatable bonds is 5. The predicted octanol–water partition coefficient (Wildman–Crippen LogP) is -1.26. The highest BCUT2D eigenvalue weighted by Gasteiger charge is 2.18. The topological polar surface area (TPSA) is 102 Å². The van der Waals surface area contributed by atoms with Crippen molar-refractivity contribution in [3.63, 3.8) is 0 Å². The van der Waals surface area contributed by atoms with Gasteiger partial charge >= 0.3 is 0 Å². The van der Waals surface area contributed by atoms with Gasteiger partial charge in [-0.05, 0) is 0 Å². The van der Waals surface area contributed by atoms with Crippen LogP contribution in [0.5, 0.6) is 0 Å². The lowest BCUT2D eigenvalue weighted by Crippen LogP contribution is -2.41. The van der Waals surface area contributed by atoms with E-state index < -0.39 is 6.04 Å². The summed E-state index contributed by atoms with van der Waals surface area (Å²) in [5, 5.41) is 15.4. The van der Waals surface area contributed by atoms with Crippen molar-refractivity contribution in [2.24, 2.45) is 7.05 Å². The fraction of sp³-hybridized carbons (Fsp3) is 0.556. The zero-order valence-corrected chi connectivity index (χ0v) is 9.30. The number of methoxy groups -OCH3 is 1. The molecular formula is C9H16N4O3. The molecule has 1 aromatic heterocycles. The molecule has 1 unspecified atom stereocenters. The molecule has 0 aliphatic carbocycles. The molecule has 0 aliphatic rings. The zero-order valence-electron chi connectivity index (χ0n) is 9.30. The number of nitrogens with two attached hydrogens (primary N) is 1. The summed E-state index contributed by atoms with van der Waals surface area (Å²) in [6.45, 7) is 0.0390. The molecule has 0 radical (unpaired) electrons. The first-order valence-corrected chi connectivity index (χ1v) is 4.78. The van der Waals surface area contributed by atoms with Gasteiger partial charge in [-0.25, -0.2) is 0 Å². The van der Waals surface area contributed by atoms with E-state index in [2.05, 4.69) is 10.4 Å². The van der Waals surface area contributed by atoms with Gasteiger partial charge in [0.2, 0.25) is 0 Å². The Hall–Kier alpha value is -1.60. The molecule has 0 bridgehead atoms. The quantitative estimate of drug-likeness (QED) is 0.583. The maximum Gasteiger partial charge on any atom is 0.272 e. The van der Waals surface area contributed by atoms with Crippen LogP contribution in [-0.4, -0.2) is 47.2 Å². The van der Waals surface area contributed by atoms with Crippen LogP contribution in [0.1, 0.15) is 10.5 Å². The third kappa shape index (κ3) is 2.71. The summed E-state index contributed by atoms with van der Waals surface area (Å²) in [5.74, 6) is -0.381. The van der Waals surface area contributed by atoms with Crippen molar-refractivity contribution in [1.82, 2.24) is 15.1 Å². The Morgan fingerprint density at radius 2 is 2.50 bits per heavy atom. The number of carbonyl (C=O) groups excluding carboxylic acids is 1. The normalized spacial score (nSPS) is 12.4. The molecule has 1 atom stereocenters. The monoisotopic (exact) mass is 228 g/mol. The number of nitrogens with one attached hydrogen (secondary N) is 1. The van der Waals surface area contributed by atoms with Gasteiger partial charge < -0.3 is 20.9 Å². The molecule has 1 aromatic rings. The van der Waals surface area contributed by atoms with Crippen LogP contribution in [0.25, 0.3) is 0 Å². The van der Waals surface area contributed by atoms with Crippen molar-refractivity contribution < 1.29 is 14.6 Å². The lowest BCUT2D eigenvalue weighted by Gasteiger charge is -2.15. The van der Waals surface area contributed by atoms with Gasteiger partial charge in [0.25, 0.3) is 5.91 Å². The Morgan fingerprint density at radius 3 is 2.94 bits per heavy atom. The van der Waals surface area contributed by atoms with Crippen molar-refractivity contribution in [3.05, 3.63) is 11.9 Å². The van der Waals surface area contributed by atoms with Crippen molar-refractivity contribution in [3.8, 4) is 0 Å². The molecule has 7 nitrogen and oxygen atoms in total. The van der Waals surface area contributed by atoms with Crippen LogP contribution < -0.4 is 11.1 Å². The van der Waals surface area contributed by atoms with E-state index in [9.17, 15) is 4.79 Å². The second-order valence-electron chi connectivity index (χ2n) is 3.38. The minimum atomic E-state index is -0.452. The highest BCUT2D eigenvalue weighted by Crippen LogP contribution is 2.08. The molecule has 0 aliphatic heterocycles. The van der Waals surface area contributed by atoms with Crippen LogP contribution in [0, 0.1) is 0 Å². The highest BCUT2D eigenvalue weighted by molar-refractivity contribution is 5.97. The molecule has 7 heteroatoms. The SMILES string of the molecule is COCC(CO)NC(=O)c1c(N)cnn1C. The largest absolute Gasteiger partial charge is 0.396 e. The molecule has 0 saturated heterocycles. The molecular weight excluding hydrogens is 212 g/mol. The Labute approximate surface area is 93.2 Å². The van der Waals surface area contributed by atoms with E-state index in [0.29, 0.717) is 5.69 Å². The zero-order chi connectivity index (χ0) is 12.1. The van der Waals surface area contributed by atoms with Gasteiger partial charge in [0.05, 0.1) is 31.1 Å². The second-order valence-corrected chi connectivity index (χ2v) is 3.38. The van der Waals surface area contributed by atoms with Crippen LogP contribution in [0.4, 0.5) is 5.69 Å². The summed E-state index contributed by atoms with van der Waals surface area (Å²) in [6.07, 6.45) is 1.40. The maximum absolute atomic E-state index is 11.8. The fourth-order valence-corrected chi connectivity index (χ4v) is 1.33. The molecule has 0 aromatic carbocycles. The third-order valence-electron chi connectivity index (χ3n) is 2.11. The van der Waals surface area contributed by atoms with Gasteiger partial charge in [-0.2, -0.15) is 5.10 Å². The van der Waals surface area contributed by atoms with E-state index in [1.807, 2.05) is 0 Å². The molecule has 1 rings (SSSR count). The number of aryl methyl sites for hydroxylation is 1. The number of hydrogen-bond acceptors (Lipinski definition) is 5. The number of aliphatic hydroxyl groups excluding tert-OH is 1. The summed E-state index contributed by atoms with van der Waals surface area (Å²) >= 11 is 0. The summed E-state index contributed by atoms with van der Waals surface area (Å²) in [4.78, 5) is 11.8. The first-order valence-electron chi connectivity index (χ1n) is 4.78. The summed E-state index contributed by atoms with van der Waals surface area (Å²) in [5.41, 5.74) is 6.17. The Kier molecular flexibility index (Phi) is 4.27. The van der Waals surface area contributed by atoms with Gasteiger partial charge in [-0.15, -0.1) is 0 Å². The number of hydrogen-bond donors (Lipinski definition) is 3. The maximum atomic E-state index is 11.8. The summed E-state index contributed by atoms with van der Waals surface area (Å²) < 4.78 is 6.23. The Balaban J connectivity index is 2.71. The molecule has 0 fully saturated rings. The minimum Gasteiger partial charge on any atom is -0.396 e. The molecule has 16 heavy (non-hydrogen) atoms. The van der Waals surface area contributed by atoms with Gasteiger partial charge in [0.15, 0.2) is 0 Å². The number of nitrogens with zero attached hydrogens (tertiary/aromatic N) is 2. The number of aliphatic hydroxyl groups is 1. The van der Waals surface area contributed by atoms with E-state index in [1.54, 1.807) is 7.05 Å². The van der Waals surface area contributed by atoms with Gasteiger partial charge in [0.1, 0.15) is 5.69 Å². The molecule has 0 spiro atoms. The van der Waals surface area contributed by atoms with Crippen LogP contribution in [0.2, 0.25) is 0 Å². The lowest BCUT2D eigenvalue weighted by molar-refractivity contribution is 0.0832. The third-order valence-corrected chi connectivity index (χ3v) is 2.11. The molecule has 1 amide bonds. The number of amides is 1. The Bertz CT molecular complexity index is 344. The number of aromatic nitrogens is 2. The van der Waals surface area contributed by atoms with Crippen LogP contribution in [-0.2, 0) is 11.8 Å². The number of carbonyl (C=O) groups is 1. The predicted molar refractivity (Wildman–Crippen MR) is 57.8 cm³/mol. The Morgan fingerprint density at radius 1 is 1.81 bits per heavy atom. The average Bonchev–Trinajstić information content (AvgIpc) is 2.57. The van der Waals surface area contributed by atoms with Crippen molar-refractivity contribution in [2.45, 2.75) is 6.04 Å². The van der Waals surface area contributed by atoms with Crippen LogP contribution in [0.3, 0.4) is 0 Å². The molecule has 4 N–H and O–H groups in total. The van der Waals surface area contributed by atoms with Crippen molar-refractivity contribution in [1.29, 1.82) is 0 Å². The van der Waals surface area contributed by atoms with Gasteiger partial charge in [-0.1, -0.05) is 0 Å². The van der Waals surface area contributed by atoms with Crippen LogP contribution in [0.15, 0.2) is 6.20 Å². The molecule has 90 valence electrons. The lowest BCUT2D eigenvalue weighted by atomic mass is 10.3. The first-order chi connectivity index (χ1) is 7.60. The first kappa shape index (κ1) is 12.5. The van der Waals surface area contributed by atoms with E-state index in [4.69, 9.17) is 15.6 Å². The van der Waals surface area contributed by atoms with Gasteiger partial charge in [0, 0.05) is 14.2 Å². The van der Waals surface area contributed by atoms with Crippen molar-refractivity contribution >= 4 is 11.6 Å². The van der Waals surface area contributed by atoms with E-state index >= 15 is 0 Å². The summed E-state index contributed by atoms with van der Waals surface area (Å²) in [6, 6.07) is -0.452. The van der Waals surface area contributed by atoms with Gasteiger partial charge in [-0.3, -0.25) is 9.48 Å². The number of anilines is 1. The molecule has 0 saturated carbocycles. The summed E-state index contributed by atoms with van der Waals surface area (Å²) in [7, 11) is 3.11. The fourth-order valence-electron chi connectivity index (χ4n) is 1.33. The standard InChI is InChI=1S/C9H16N4O3/c1-13-8(7(10)3-11-13)9(15)12-6(4-14)5-16-2/h3,6,14H,4-5,10H2,1-2H3,(H,12,15). The number of nitrogen functional groups attached to an aromatic ring is 1. The minimum absolute atomic E-state index is 0.197. The van der Waals surface area contributed by atoms with Crippen molar-refractivity contribution in [2.75, 3.05) is 26.1 Å². The van der Waals surface area contributed by atoms with E-state index in [0.717, 1.165) is 0 Å². The van der Waals surface area contributed by atoms with Crippen LogP contribution >= 0.6 is 0 Å². The van der Waals surface area contributed by atoms with E-state index in [-0.39, 0.29) is 24.8 Å². The average molecular weight is 228 g/mol. The van der Waals surface area contributed by atoms with E-state index in [1.165, 1.54) is 18.0 Å². The smallest absolute Gasteiger partial charge is 0.272 e. The second kappa shape index (κ2) is 5.47. The number of ether oxygens (including phenoxy) is 1. The molecule has 1 heterocycles.